The van der Waals surface area contributed by atoms with Gasteiger partial charge in [0.25, 0.3) is 5.56 Å². The number of aliphatic imine (C=N–C) groups is 1. The molecule has 0 unspecified atom stereocenters. The fraction of sp³-hybridized carbons (Fsp3) is 0.600. The van der Waals surface area contributed by atoms with Gasteiger partial charge in [-0.25, -0.2) is 0 Å². The molecule has 1 N–H and O–H groups in total. The van der Waals surface area contributed by atoms with E-state index in [-0.39, 0.29) is 11.7 Å². The van der Waals surface area contributed by atoms with Crippen molar-refractivity contribution in [1.29, 1.82) is 0 Å². The Bertz CT molecular complexity index is 418. The van der Waals surface area contributed by atoms with Crippen LogP contribution in [0.15, 0.2) is 20.4 Å². The molecule has 1 aliphatic rings. The molecule has 0 amide bonds. The van der Waals surface area contributed by atoms with Crippen molar-refractivity contribution >= 4 is 16.8 Å². The Morgan fingerprint density at radius 1 is 1.75 bits per heavy atom. The van der Waals surface area contributed by atoms with E-state index in [4.69, 9.17) is 9.26 Å². The normalized spacial score (nSPS) is 21.6. The standard InChI is InChI=1S/C10H14N2O3S/c1-16-10(8-5-9(13)12-15-8)11-6-7-3-2-4-14-7/h5,7H,2-4,6H2,1H3,(H,12,13)/t7-/m0/s1. The lowest BCUT2D eigenvalue weighted by atomic mass is 10.2. The first-order valence-electron chi connectivity index (χ1n) is 5.18. The second kappa shape index (κ2) is 5.36. The van der Waals surface area contributed by atoms with Crippen LogP contribution in [0.1, 0.15) is 18.6 Å². The van der Waals surface area contributed by atoms with Crippen LogP contribution in [0, 0.1) is 0 Å². The van der Waals surface area contributed by atoms with Crippen molar-refractivity contribution in [2.75, 3.05) is 19.4 Å². The first kappa shape index (κ1) is 11.5. The van der Waals surface area contributed by atoms with Gasteiger partial charge in [0.05, 0.1) is 18.7 Å². The summed E-state index contributed by atoms with van der Waals surface area (Å²) >= 11 is 1.46. The average molecular weight is 242 g/mol. The Kier molecular flexibility index (Phi) is 3.84. The van der Waals surface area contributed by atoms with E-state index < -0.39 is 0 Å². The van der Waals surface area contributed by atoms with Gasteiger partial charge >= 0.3 is 0 Å². The van der Waals surface area contributed by atoms with Crippen molar-refractivity contribution in [3.05, 3.63) is 22.2 Å². The lowest BCUT2D eigenvalue weighted by Gasteiger charge is -2.05. The number of aromatic amines is 1. The maximum Gasteiger partial charge on any atom is 0.280 e. The summed E-state index contributed by atoms with van der Waals surface area (Å²) < 4.78 is 10.5. The molecule has 6 heteroatoms. The number of rotatable bonds is 3. The molecule has 5 nitrogen and oxygen atoms in total. The quantitative estimate of drug-likeness (QED) is 0.640. The third kappa shape index (κ3) is 2.76. The van der Waals surface area contributed by atoms with Crippen LogP contribution in [0.25, 0.3) is 0 Å². The second-order valence-electron chi connectivity index (χ2n) is 3.56. The molecule has 1 fully saturated rings. The van der Waals surface area contributed by atoms with Crippen LogP contribution < -0.4 is 5.56 Å². The molecule has 0 aromatic carbocycles. The van der Waals surface area contributed by atoms with E-state index >= 15 is 0 Å². The molecule has 0 radical (unpaired) electrons. The van der Waals surface area contributed by atoms with E-state index in [0.717, 1.165) is 24.5 Å². The van der Waals surface area contributed by atoms with Gasteiger partial charge in [-0.15, -0.1) is 11.8 Å². The molecular formula is C10H14N2O3S. The lowest BCUT2D eigenvalue weighted by Crippen LogP contribution is -2.10. The van der Waals surface area contributed by atoms with Gasteiger partial charge in [-0.1, -0.05) is 0 Å². The molecule has 0 spiro atoms. The predicted octanol–water partition coefficient (Wildman–Crippen LogP) is 1.26. The highest BCUT2D eigenvalue weighted by Crippen LogP contribution is 2.14. The van der Waals surface area contributed by atoms with E-state index in [1.54, 1.807) is 0 Å². The molecule has 0 bridgehead atoms. The zero-order chi connectivity index (χ0) is 11.4. The SMILES string of the molecule is CSC(=NC[C@@H]1CCCO1)c1cc(=O)[nH]o1. The summed E-state index contributed by atoms with van der Waals surface area (Å²) in [5, 5.41) is 2.99. The Hall–Kier alpha value is -1.01. The number of hydrogen-bond donors (Lipinski definition) is 1. The van der Waals surface area contributed by atoms with Crippen molar-refractivity contribution < 1.29 is 9.26 Å². The van der Waals surface area contributed by atoms with Gasteiger partial charge in [0, 0.05) is 6.61 Å². The maximum atomic E-state index is 10.9. The van der Waals surface area contributed by atoms with Crippen LogP contribution in [0.3, 0.4) is 0 Å². The fourth-order valence-electron chi connectivity index (χ4n) is 1.60. The first-order chi connectivity index (χ1) is 7.79. The Morgan fingerprint density at radius 2 is 2.62 bits per heavy atom. The molecule has 1 atom stereocenters. The van der Waals surface area contributed by atoms with Crippen molar-refractivity contribution in [3.63, 3.8) is 0 Å². The Morgan fingerprint density at radius 3 is 3.19 bits per heavy atom. The lowest BCUT2D eigenvalue weighted by molar-refractivity contribution is 0.118. The summed E-state index contributed by atoms with van der Waals surface area (Å²) in [6.07, 6.45) is 4.28. The highest BCUT2D eigenvalue weighted by molar-refractivity contribution is 8.13. The summed E-state index contributed by atoms with van der Waals surface area (Å²) in [5.74, 6) is 0.496. The highest BCUT2D eigenvalue weighted by Gasteiger charge is 2.16. The van der Waals surface area contributed by atoms with E-state index in [9.17, 15) is 4.79 Å². The van der Waals surface area contributed by atoms with Gasteiger partial charge in [-0.2, -0.15) is 5.16 Å². The molecule has 1 aliphatic heterocycles. The zero-order valence-electron chi connectivity index (χ0n) is 9.06. The molecule has 1 saturated heterocycles. The minimum atomic E-state index is -0.242. The Labute approximate surface area is 97.2 Å². The number of aromatic nitrogens is 1. The molecule has 0 aliphatic carbocycles. The fourth-order valence-corrected chi connectivity index (χ4v) is 2.11. The van der Waals surface area contributed by atoms with E-state index in [2.05, 4.69) is 10.1 Å². The predicted molar refractivity (Wildman–Crippen MR) is 63.2 cm³/mol. The van der Waals surface area contributed by atoms with E-state index in [1.807, 2.05) is 6.26 Å². The summed E-state index contributed by atoms with van der Waals surface area (Å²) in [5.41, 5.74) is -0.242. The molecule has 0 saturated carbocycles. The number of nitrogens with zero attached hydrogens (tertiary/aromatic N) is 1. The number of ether oxygens (including phenoxy) is 1. The highest BCUT2D eigenvalue weighted by atomic mass is 32.2. The number of H-pyrrole nitrogens is 1. The molecule has 1 aromatic rings. The molecule has 88 valence electrons. The van der Waals surface area contributed by atoms with E-state index in [0.29, 0.717) is 12.3 Å². The topological polar surface area (TPSA) is 67.6 Å². The van der Waals surface area contributed by atoms with Gasteiger partial charge in [0.2, 0.25) is 0 Å². The third-order valence-corrected chi connectivity index (χ3v) is 3.11. The summed E-state index contributed by atoms with van der Waals surface area (Å²) in [7, 11) is 0. The smallest absolute Gasteiger partial charge is 0.280 e. The maximum absolute atomic E-state index is 10.9. The summed E-state index contributed by atoms with van der Waals surface area (Å²) in [4.78, 5) is 15.3. The average Bonchev–Trinajstić information content (AvgIpc) is 2.91. The van der Waals surface area contributed by atoms with Crippen LogP contribution >= 0.6 is 11.8 Å². The number of thioether (sulfide) groups is 1. The molecular weight excluding hydrogens is 228 g/mol. The van der Waals surface area contributed by atoms with Crippen molar-refractivity contribution in [2.24, 2.45) is 4.99 Å². The first-order valence-corrected chi connectivity index (χ1v) is 6.41. The second-order valence-corrected chi connectivity index (χ2v) is 4.36. The van der Waals surface area contributed by atoms with Gasteiger partial charge < -0.3 is 9.26 Å². The van der Waals surface area contributed by atoms with Crippen molar-refractivity contribution in [2.45, 2.75) is 18.9 Å². The third-order valence-electron chi connectivity index (χ3n) is 2.39. The van der Waals surface area contributed by atoms with Gasteiger partial charge in [0.15, 0.2) is 5.76 Å². The summed E-state index contributed by atoms with van der Waals surface area (Å²) in [6, 6.07) is 1.41. The number of hydrogen-bond acceptors (Lipinski definition) is 5. The molecule has 16 heavy (non-hydrogen) atoms. The largest absolute Gasteiger partial charge is 0.376 e. The van der Waals surface area contributed by atoms with E-state index in [1.165, 1.54) is 17.8 Å². The zero-order valence-corrected chi connectivity index (χ0v) is 9.88. The number of nitrogens with one attached hydrogen (secondary N) is 1. The molecule has 1 aromatic heterocycles. The van der Waals surface area contributed by atoms with Crippen molar-refractivity contribution in [1.82, 2.24) is 5.16 Å². The monoisotopic (exact) mass is 242 g/mol. The van der Waals surface area contributed by atoms with Crippen LogP contribution in [-0.4, -0.2) is 35.7 Å². The molecule has 2 heterocycles. The summed E-state index contributed by atoms with van der Waals surface area (Å²) in [6.45, 7) is 1.46. The minimum absolute atomic E-state index is 0.216. The minimum Gasteiger partial charge on any atom is -0.376 e. The van der Waals surface area contributed by atoms with Gasteiger partial charge in [0.1, 0.15) is 5.04 Å². The van der Waals surface area contributed by atoms with Crippen LogP contribution in [0.2, 0.25) is 0 Å². The Balaban J connectivity index is 2.03. The van der Waals surface area contributed by atoms with Gasteiger partial charge in [-0.05, 0) is 19.1 Å². The van der Waals surface area contributed by atoms with Gasteiger partial charge in [-0.3, -0.25) is 9.79 Å². The van der Waals surface area contributed by atoms with Crippen LogP contribution in [-0.2, 0) is 4.74 Å². The van der Waals surface area contributed by atoms with Crippen molar-refractivity contribution in [3.8, 4) is 0 Å². The molecule has 2 rings (SSSR count). The van der Waals surface area contributed by atoms with Crippen LogP contribution in [0.5, 0.6) is 0 Å². The van der Waals surface area contributed by atoms with Crippen LogP contribution in [0.4, 0.5) is 0 Å².